The normalized spacial score (nSPS) is 10.6. The van der Waals surface area contributed by atoms with E-state index in [4.69, 9.17) is 5.11 Å². The molecular formula is C12H21N3O2. The standard InChI is InChI=1S/C12H21N3O2/c1-4-5-6-15(7-8-16)12(17)11-9-10(2)13-14(11)3/h9,16H,4-8H2,1-3H3. The number of aryl methyl sites for hydroxylation is 2. The van der Waals surface area contributed by atoms with Gasteiger partial charge in [0.1, 0.15) is 5.69 Å². The Balaban J connectivity index is 2.79. The van der Waals surface area contributed by atoms with E-state index >= 15 is 0 Å². The first-order valence-electron chi connectivity index (χ1n) is 6.01. The summed E-state index contributed by atoms with van der Waals surface area (Å²) in [6.07, 6.45) is 1.97. The summed E-state index contributed by atoms with van der Waals surface area (Å²) in [7, 11) is 1.76. The van der Waals surface area contributed by atoms with Gasteiger partial charge in [0, 0.05) is 20.1 Å². The molecule has 0 aliphatic carbocycles. The molecule has 1 aromatic rings. The number of carbonyl (C=O) groups is 1. The maximum absolute atomic E-state index is 12.2. The van der Waals surface area contributed by atoms with Gasteiger partial charge in [-0.15, -0.1) is 0 Å². The molecule has 17 heavy (non-hydrogen) atoms. The number of nitrogens with zero attached hydrogens (tertiary/aromatic N) is 3. The van der Waals surface area contributed by atoms with E-state index in [1.807, 2.05) is 6.92 Å². The predicted octanol–water partition coefficient (Wildman–Crippen LogP) is 0.963. The Bertz CT molecular complexity index is 374. The first kappa shape index (κ1) is 13.7. The number of hydrogen-bond donors (Lipinski definition) is 1. The van der Waals surface area contributed by atoms with Crippen molar-refractivity contribution in [1.82, 2.24) is 14.7 Å². The van der Waals surface area contributed by atoms with E-state index in [1.54, 1.807) is 22.7 Å². The van der Waals surface area contributed by atoms with E-state index in [0.717, 1.165) is 18.5 Å². The van der Waals surface area contributed by atoms with Crippen LogP contribution in [-0.2, 0) is 7.05 Å². The molecule has 0 radical (unpaired) electrons. The number of amides is 1. The summed E-state index contributed by atoms with van der Waals surface area (Å²) >= 11 is 0. The fourth-order valence-corrected chi connectivity index (χ4v) is 1.76. The fraction of sp³-hybridized carbons (Fsp3) is 0.667. The zero-order chi connectivity index (χ0) is 12.8. The highest BCUT2D eigenvalue weighted by atomic mass is 16.3. The average Bonchev–Trinajstić information content (AvgIpc) is 2.63. The van der Waals surface area contributed by atoms with Crippen molar-refractivity contribution >= 4 is 5.91 Å². The number of carbonyl (C=O) groups excluding carboxylic acids is 1. The largest absolute Gasteiger partial charge is 0.395 e. The molecule has 0 aliphatic heterocycles. The van der Waals surface area contributed by atoms with Crippen molar-refractivity contribution in [2.75, 3.05) is 19.7 Å². The molecule has 0 atom stereocenters. The van der Waals surface area contributed by atoms with Crippen molar-refractivity contribution in [2.24, 2.45) is 7.05 Å². The molecule has 1 heterocycles. The Morgan fingerprint density at radius 3 is 2.71 bits per heavy atom. The third-order valence-electron chi connectivity index (χ3n) is 2.66. The van der Waals surface area contributed by atoms with Crippen LogP contribution in [0.2, 0.25) is 0 Å². The summed E-state index contributed by atoms with van der Waals surface area (Å²) < 4.78 is 1.59. The molecule has 96 valence electrons. The third kappa shape index (κ3) is 3.56. The zero-order valence-corrected chi connectivity index (χ0v) is 10.8. The summed E-state index contributed by atoms with van der Waals surface area (Å²) in [4.78, 5) is 13.9. The molecule has 0 bridgehead atoms. The lowest BCUT2D eigenvalue weighted by atomic mass is 10.2. The van der Waals surface area contributed by atoms with Crippen molar-refractivity contribution in [3.63, 3.8) is 0 Å². The van der Waals surface area contributed by atoms with Gasteiger partial charge >= 0.3 is 0 Å². The van der Waals surface area contributed by atoms with E-state index in [9.17, 15) is 4.79 Å². The van der Waals surface area contributed by atoms with Crippen molar-refractivity contribution in [3.8, 4) is 0 Å². The molecule has 0 aliphatic rings. The topological polar surface area (TPSA) is 58.4 Å². The van der Waals surface area contributed by atoms with Crippen LogP contribution in [-0.4, -0.2) is 45.4 Å². The second kappa shape index (κ2) is 6.39. The number of aliphatic hydroxyl groups excluding tert-OH is 1. The maximum Gasteiger partial charge on any atom is 0.272 e. The van der Waals surface area contributed by atoms with Gasteiger partial charge < -0.3 is 10.0 Å². The molecule has 1 rings (SSSR count). The highest BCUT2D eigenvalue weighted by molar-refractivity contribution is 5.92. The van der Waals surface area contributed by atoms with Gasteiger partial charge in [-0.25, -0.2) is 0 Å². The smallest absolute Gasteiger partial charge is 0.272 e. The van der Waals surface area contributed by atoms with Crippen LogP contribution >= 0.6 is 0 Å². The van der Waals surface area contributed by atoms with Crippen molar-refractivity contribution < 1.29 is 9.90 Å². The Hall–Kier alpha value is -1.36. The van der Waals surface area contributed by atoms with Crippen LogP contribution in [0.25, 0.3) is 0 Å². The van der Waals surface area contributed by atoms with Crippen molar-refractivity contribution in [2.45, 2.75) is 26.7 Å². The number of aromatic nitrogens is 2. The quantitative estimate of drug-likeness (QED) is 0.804. The Morgan fingerprint density at radius 2 is 2.24 bits per heavy atom. The minimum Gasteiger partial charge on any atom is -0.395 e. The second-order valence-corrected chi connectivity index (χ2v) is 4.16. The second-order valence-electron chi connectivity index (χ2n) is 4.16. The Kier molecular flexibility index (Phi) is 5.15. The van der Waals surface area contributed by atoms with Crippen molar-refractivity contribution in [1.29, 1.82) is 0 Å². The minimum atomic E-state index is -0.0596. The highest BCUT2D eigenvalue weighted by Crippen LogP contribution is 2.07. The lowest BCUT2D eigenvalue weighted by Gasteiger charge is -2.21. The molecule has 5 heteroatoms. The van der Waals surface area contributed by atoms with Gasteiger partial charge in [0.25, 0.3) is 5.91 Å². The van der Waals surface area contributed by atoms with Crippen LogP contribution in [0.1, 0.15) is 35.9 Å². The third-order valence-corrected chi connectivity index (χ3v) is 2.66. The number of aliphatic hydroxyl groups is 1. The monoisotopic (exact) mass is 239 g/mol. The van der Waals surface area contributed by atoms with E-state index in [2.05, 4.69) is 12.0 Å². The Morgan fingerprint density at radius 1 is 1.53 bits per heavy atom. The van der Waals surface area contributed by atoms with Gasteiger partial charge in [0.15, 0.2) is 0 Å². The van der Waals surface area contributed by atoms with Gasteiger partial charge in [0.2, 0.25) is 0 Å². The molecule has 0 spiro atoms. The van der Waals surface area contributed by atoms with E-state index in [-0.39, 0.29) is 12.5 Å². The van der Waals surface area contributed by atoms with Crippen LogP contribution in [0.3, 0.4) is 0 Å². The molecule has 0 unspecified atom stereocenters. The summed E-state index contributed by atoms with van der Waals surface area (Å²) in [5, 5.41) is 13.2. The molecule has 1 amide bonds. The molecule has 0 saturated carbocycles. The molecule has 1 N–H and O–H groups in total. The summed E-state index contributed by atoms with van der Waals surface area (Å²) in [6, 6.07) is 1.78. The number of rotatable bonds is 6. The van der Waals surface area contributed by atoms with Crippen molar-refractivity contribution in [3.05, 3.63) is 17.5 Å². The van der Waals surface area contributed by atoms with E-state index in [0.29, 0.717) is 18.8 Å². The fourth-order valence-electron chi connectivity index (χ4n) is 1.76. The summed E-state index contributed by atoms with van der Waals surface area (Å²) in [5.41, 5.74) is 1.40. The molecular weight excluding hydrogens is 218 g/mol. The van der Waals surface area contributed by atoms with Crippen LogP contribution in [0, 0.1) is 6.92 Å². The Labute approximate surface area is 102 Å². The molecule has 0 aromatic carbocycles. The van der Waals surface area contributed by atoms with E-state index < -0.39 is 0 Å². The van der Waals surface area contributed by atoms with Gasteiger partial charge in [-0.2, -0.15) is 5.10 Å². The zero-order valence-electron chi connectivity index (χ0n) is 10.8. The van der Waals surface area contributed by atoms with Gasteiger partial charge in [-0.1, -0.05) is 13.3 Å². The maximum atomic E-state index is 12.2. The van der Waals surface area contributed by atoms with Gasteiger partial charge in [0.05, 0.1) is 12.3 Å². The summed E-state index contributed by atoms with van der Waals surface area (Å²) in [5.74, 6) is -0.0596. The van der Waals surface area contributed by atoms with Crippen LogP contribution in [0.5, 0.6) is 0 Å². The van der Waals surface area contributed by atoms with E-state index in [1.165, 1.54) is 0 Å². The lowest BCUT2D eigenvalue weighted by molar-refractivity contribution is 0.0708. The first-order valence-corrected chi connectivity index (χ1v) is 6.01. The average molecular weight is 239 g/mol. The first-order chi connectivity index (χ1) is 8.10. The molecule has 0 saturated heterocycles. The van der Waals surface area contributed by atoms with Crippen LogP contribution in [0.4, 0.5) is 0 Å². The molecule has 5 nitrogen and oxygen atoms in total. The number of unbranched alkanes of at least 4 members (excludes halogenated alkanes) is 1. The van der Waals surface area contributed by atoms with Gasteiger partial charge in [-0.3, -0.25) is 9.48 Å². The van der Waals surface area contributed by atoms with Crippen LogP contribution < -0.4 is 0 Å². The SMILES string of the molecule is CCCCN(CCO)C(=O)c1cc(C)nn1C. The molecule has 0 fully saturated rings. The van der Waals surface area contributed by atoms with Gasteiger partial charge in [-0.05, 0) is 19.4 Å². The van der Waals surface area contributed by atoms with Crippen LogP contribution in [0.15, 0.2) is 6.07 Å². The minimum absolute atomic E-state index is 0.00765. The highest BCUT2D eigenvalue weighted by Gasteiger charge is 2.18. The summed E-state index contributed by atoms with van der Waals surface area (Å²) in [6.45, 7) is 4.99. The molecule has 1 aromatic heterocycles. The lowest BCUT2D eigenvalue weighted by Crippen LogP contribution is -2.35. The predicted molar refractivity (Wildman–Crippen MR) is 65.8 cm³/mol. The number of hydrogen-bond acceptors (Lipinski definition) is 3.